The van der Waals surface area contributed by atoms with Gasteiger partial charge >= 0.3 is 0 Å². The van der Waals surface area contributed by atoms with Crippen LogP contribution in [0.1, 0.15) is 5.56 Å². The zero-order valence-electron chi connectivity index (χ0n) is 16.7. The van der Waals surface area contributed by atoms with Crippen LogP contribution in [0.25, 0.3) is 10.9 Å². The van der Waals surface area contributed by atoms with Crippen molar-refractivity contribution >= 4 is 48.8 Å². The van der Waals surface area contributed by atoms with Gasteiger partial charge in [-0.1, -0.05) is 18.2 Å². The Morgan fingerprint density at radius 3 is 2.87 bits per heavy atom. The highest BCUT2D eigenvalue weighted by Crippen LogP contribution is 2.30. The molecule has 0 atom stereocenters. The van der Waals surface area contributed by atoms with Crippen molar-refractivity contribution in [2.45, 2.75) is 11.3 Å². The summed E-state index contributed by atoms with van der Waals surface area (Å²) in [5, 5.41) is 6.66. The number of thiazole rings is 1. The van der Waals surface area contributed by atoms with Crippen molar-refractivity contribution in [1.29, 1.82) is 0 Å². The Kier molecular flexibility index (Phi) is 5.21. The number of aromatic nitrogens is 2. The fourth-order valence-corrected chi connectivity index (χ4v) is 5.64. The van der Waals surface area contributed by atoms with E-state index in [0.717, 1.165) is 53.9 Å². The number of nitrogens with one attached hydrogen (secondary N) is 2. The third-order valence-electron chi connectivity index (χ3n) is 5.31. The average molecular weight is 452 g/mol. The molecule has 31 heavy (non-hydrogen) atoms. The van der Waals surface area contributed by atoms with E-state index in [-0.39, 0.29) is 4.90 Å². The lowest BCUT2D eigenvalue weighted by Crippen LogP contribution is -2.27. The molecule has 9 heteroatoms. The molecule has 3 heterocycles. The van der Waals surface area contributed by atoms with Crippen molar-refractivity contribution in [2.75, 3.05) is 34.6 Å². The van der Waals surface area contributed by atoms with Crippen LogP contribution in [0.5, 0.6) is 0 Å². The summed E-state index contributed by atoms with van der Waals surface area (Å²) >= 11 is 1.26. The Hall–Kier alpha value is -3.17. The zero-order chi connectivity index (χ0) is 21.3. The molecule has 158 valence electrons. The molecule has 0 radical (unpaired) electrons. The van der Waals surface area contributed by atoms with E-state index in [9.17, 15) is 8.42 Å². The molecule has 0 fully saturated rings. The highest BCUT2D eigenvalue weighted by Gasteiger charge is 2.23. The third-order valence-corrected chi connectivity index (χ3v) is 7.46. The summed E-state index contributed by atoms with van der Waals surface area (Å²) in [4.78, 5) is 11.0. The summed E-state index contributed by atoms with van der Waals surface area (Å²) in [5.74, 6) is 0. The lowest BCUT2D eigenvalue weighted by atomic mass is 10.2. The van der Waals surface area contributed by atoms with Crippen molar-refractivity contribution in [3.63, 3.8) is 0 Å². The summed E-state index contributed by atoms with van der Waals surface area (Å²) in [6.45, 7) is 2.46. The van der Waals surface area contributed by atoms with Gasteiger partial charge in [0.1, 0.15) is 0 Å². The van der Waals surface area contributed by atoms with Crippen molar-refractivity contribution in [3.05, 3.63) is 71.9 Å². The first-order chi connectivity index (χ1) is 15.1. The van der Waals surface area contributed by atoms with Crippen LogP contribution >= 0.6 is 11.3 Å². The predicted octanol–water partition coefficient (Wildman–Crippen LogP) is 3.97. The molecule has 7 nitrogen and oxygen atoms in total. The van der Waals surface area contributed by atoms with Crippen LogP contribution in [0, 0.1) is 0 Å². The normalized spacial score (nSPS) is 13.4. The molecule has 2 aromatic heterocycles. The number of para-hydroxylation sites is 1. The Balaban J connectivity index is 1.24. The van der Waals surface area contributed by atoms with Crippen molar-refractivity contribution in [1.82, 2.24) is 9.97 Å². The van der Waals surface area contributed by atoms with E-state index in [4.69, 9.17) is 0 Å². The van der Waals surface area contributed by atoms with Crippen LogP contribution in [-0.4, -0.2) is 38.0 Å². The quantitative estimate of drug-likeness (QED) is 0.442. The van der Waals surface area contributed by atoms with Gasteiger partial charge in [0.2, 0.25) is 0 Å². The number of anilines is 3. The molecule has 4 aromatic rings. The SMILES string of the molecule is O=S(=O)(Nc1nccs1)c1ccc2c(c1)CCN2CCNc1cnc2ccccc2c1. The first kappa shape index (κ1) is 19.8. The van der Waals surface area contributed by atoms with Crippen LogP contribution in [0.3, 0.4) is 0 Å². The molecule has 0 saturated heterocycles. The van der Waals surface area contributed by atoms with Crippen LogP contribution < -0.4 is 14.9 Å². The minimum Gasteiger partial charge on any atom is -0.382 e. The molecule has 0 bridgehead atoms. The summed E-state index contributed by atoms with van der Waals surface area (Å²) < 4.78 is 27.8. The third kappa shape index (κ3) is 4.19. The number of nitrogens with zero attached hydrogens (tertiary/aromatic N) is 3. The second kappa shape index (κ2) is 8.16. The summed E-state index contributed by atoms with van der Waals surface area (Å²) in [6.07, 6.45) is 4.26. The van der Waals surface area contributed by atoms with Crippen LogP contribution in [0.15, 0.2) is 71.2 Å². The lowest BCUT2D eigenvalue weighted by Gasteiger charge is -2.20. The predicted molar refractivity (Wildman–Crippen MR) is 126 cm³/mol. The number of hydrogen-bond donors (Lipinski definition) is 2. The summed E-state index contributed by atoms with van der Waals surface area (Å²) in [7, 11) is -3.63. The molecular weight excluding hydrogens is 430 g/mol. The second-order valence-corrected chi connectivity index (χ2v) is 9.89. The van der Waals surface area contributed by atoms with Crippen molar-refractivity contribution in [2.24, 2.45) is 0 Å². The average Bonchev–Trinajstić information content (AvgIpc) is 3.43. The van der Waals surface area contributed by atoms with Gasteiger partial charge in [0.25, 0.3) is 10.0 Å². The van der Waals surface area contributed by atoms with Gasteiger partial charge < -0.3 is 10.2 Å². The van der Waals surface area contributed by atoms with Crippen molar-refractivity contribution < 1.29 is 8.42 Å². The molecule has 0 amide bonds. The number of hydrogen-bond acceptors (Lipinski definition) is 7. The number of pyridine rings is 1. The van der Waals surface area contributed by atoms with Gasteiger partial charge in [-0.15, -0.1) is 11.3 Å². The zero-order valence-corrected chi connectivity index (χ0v) is 18.3. The van der Waals surface area contributed by atoms with Gasteiger partial charge in [0.15, 0.2) is 5.13 Å². The number of sulfonamides is 1. The maximum Gasteiger partial charge on any atom is 0.263 e. The Bertz CT molecular complexity index is 1320. The monoisotopic (exact) mass is 451 g/mol. The van der Waals surface area contributed by atoms with E-state index in [0.29, 0.717) is 5.13 Å². The molecule has 0 unspecified atom stereocenters. The Morgan fingerprint density at radius 1 is 1.10 bits per heavy atom. The van der Waals surface area contributed by atoms with E-state index >= 15 is 0 Å². The summed E-state index contributed by atoms with van der Waals surface area (Å²) in [5.41, 5.74) is 4.12. The minimum absolute atomic E-state index is 0.267. The van der Waals surface area contributed by atoms with Crippen molar-refractivity contribution in [3.8, 4) is 0 Å². The van der Waals surface area contributed by atoms with Gasteiger partial charge in [-0.2, -0.15) is 0 Å². The largest absolute Gasteiger partial charge is 0.382 e. The van der Waals surface area contributed by atoms with Gasteiger partial charge in [-0.05, 0) is 42.3 Å². The number of rotatable bonds is 7. The molecule has 1 aliphatic heterocycles. The maximum atomic E-state index is 12.6. The van der Waals surface area contributed by atoms with E-state index in [1.54, 1.807) is 23.7 Å². The molecule has 2 aromatic carbocycles. The number of benzene rings is 2. The molecular formula is C22H21N5O2S2. The van der Waals surface area contributed by atoms with E-state index in [1.165, 1.54) is 11.3 Å². The second-order valence-electron chi connectivity index (χ2n) is 7.31. The smallest absolute Gasteiger partial charge is 0.263 e. The topological polar surface area (TPSA) is 87.2 Å². The maximum absolute atomic E-state index is 12.6. The minimum atomic E-state index is -3.63. The van der Waals surface area contributed by atoms with Gasteiger partial charge in [0.05, 0.1) is 22.3 Å². The number of fused-ring (bicyclic) bond motifs is 2. The molecule has 1 aliphatic rings. The van der Waals surface area contributed by atoms with Gasteiger partial charge in [0, 0.05) is 42.3 Å². The van der Waals surface area contributed by atoms with Gasteiger partial charge in [-0.25, -0.2) is 13.4 Å². The fourth-order valence-electron chi connectivity index (χ4n) is 3.80. The Morgan fingerprint density at radius 2 is 2.00 bits per heavy atom. The van der Waals surface area contributed by atoms with E-state index < -0.39 is 10.0 Å². The molecule has 5 rings (SSSR count). The van der Waals surface area contributed by atoms with Crippen LogP contribution in [0.4, 0.5) is 16.5 Å². The fraction of sp³-hybridized carbons (Fsp3) is 0.182. The molecule has 0 saturated carbocycles. The van der Waals surface area contributed by atoms with E-state index in [1.807, 2.05) is 30.5 Å². The molecule has 2 N–H and O–H groups in total. The molecule has 0 spiro atoms. The molecule has 0 aliphatic carbocycles. The first-order valence-electron chi connectivity index (χ1n) is 9.97. The highest BCUT2D eigenvalue weighted by atomic mass is 32.2. The first-order valence-corrected chi connectivity index (χ1v) is 12.3. The van der Waals surface area contributed by atoms with Crippen LogP contribution in [0.2, 0.25) is 0 Å². The van der Waals surface area contributed by atoms with E-state index in [2.05, 4.69) is 37.0 Å². The van der Waals surface area contributed by atoms with Gasteiger partial charge in [-0.3, -0.25) is 9.71 Å². The Labute approximate surface area is 184 Å². The lowest BCUT2D eigenvalue weighted by molar-refractivity contribution is 0.601. The summed E-state index contributed by atoms with van der Waals surface area (Å²) in [6, 6.07) is 15.5. The van der Waals surface area contributed by atoms with Crippen LogP contribution in [-0.2, 0) is 16.4 Å². The highest BCUT2D eigenvalue weighted by molar-refractivity contribution is 7.93. The standard InChI is InChI=1S/C22H21N5O2S2/c28-31(29,26-22-24-9-12-30-22)19-5-6-21-17(14-19)7-10-27(21)11-8-23-18-13-16-3-1-2-4-20(16)25-15-18/h1-6,9,12-15,23H,7-8,10-11H2,(H,24,26).